The lowest BCUT2D eigenvalue weighted by atomic mass is 10.2. The highest BCUT2D eigenvalue weighted by Crippen LogP contribution is 2.11. The molecule has 0 heterocycles. The van der Waals surface area contributed by atoms with E-state index in [0.717, 1.165) is 5.56 Å². The van der Waals surface area contributed by atoms with Gasteiger partial charge >= 0.3 is 5.97 Å². The van der Waals surface area contributed by atoms with Crippen LogP contribution in [0, 0.1) is 0 Å². The zero-order valence-corrected chi connectivity index (χ0v) is 12.7. The van der Waals surface area contributed by atoms with Crippen LogP contribution < -0.4 is 10.2 Å². The first-order valence-electron chi connectivity index (χ1n) is 6.58. The lowest BCUT2D eigenvalue weighted by molar-refractivity contribution is -0.139. The number of benzene rings is 2. The monoisotopic (exact) mass is 332 g/mol. The second kappa shape index (κ2) is 7.95. The molecule has 0 saturated carbocycles. The molecule has 1 amide bonds. The number of carbonyl (C=O) groups excluding carboxylic acids is 1. The zero-order valence-electron chi connectivity index (χ0n) is 11.9. The van der Waals surface area contributed by atoms with Crippen molar-refractivity contribution in [3.8, 4) is 5.75 Å². The summed E-state index contributed by atoms with van der Waals surface area (Å²) in [5.74, 6) is -0.975. The molecule has 2 aromatic carbocycles. The van der Waals surface area contributed by atoms with Gasteiger partial charge in [0, 0.05) is 10.6 Å². The van der Waals surface area contributed by atoms with Crippen molar-refractivity contribution in [2.24, 2.45) is 5.10 Å². The Hall–Kier alpha value is -2.86. The van der Waals surface area contributed by atoms with Gasteiger partial charge in [-0.05, 0) is 48.0 Å². The van der Waals surface area contributed by atoms with Crippen LogP contribution in [0.2, 0.25) is 5.02 Å². The number of halogens is 1. The van der Waals surface area contributed by atoms with Gasteiger partial charge in [0.1, 0.15) is 5.75 Å². The molecule has 0 aromatic heterocycles. The molecule has 2 aromatic rings. The van der Waals surface area contributed by atoms with Crippen LogP contribution in [0.15, 0.2) is 53.6 Å². The zero-order chi connectivity index (χ0) is 16.7. The Balaban J connectivity index is 1.90. The van der Waals surface area contributed by atoms with Crippen LogP contribution in [0.3, 0.4) is 0 Å². The Morgan fingerprint density at radius 2 is 1.96 bits per heavy atom. The van der Waals surface area contributed by atoms with Crippen molar-refractivity contribution >= 4 is 29.7 Å². The molecule has 0 radical (unpaired) electrons. The number of aliphatic carboxylic acids is 1. The van der Waals surface area contributed by atoms with Crippen LogP contribution in [-0.4, -0.2) is 29.8 Å². The van der Waals surface area contributed by atoms with E-state index in [2.05, 4.69) is 10.5 Å². The Kier molecular flexibility index (Phi) is 5.71. The van der Waals surface area contributed by atoms with Gasteiger partial charge in [0.05, 0.1) is 6.21 Å². The van der Waals surface area contributed by atoms with E-state index in [4.69, 9.17) is 21.4 Å². The average Bonchev–Trinajstić information content (AvgIpc) is 2.54. The standard InChI is InChI=1S/C16H13ClN2O4/c17-13-3-1-2-12(8-13)16(22)19-18-9-11-4-6-14(7-5-11)23-10-15(20)21/h1-9H,10H2,(H,19,22)(H,20,21). The van der Waals surface area contributed by atoms with E-state index in [0.29, 0.717) is 16.3 Å². The SMILES string of the molecule is O=C(O)COc1ccc(C=NNC(=O)c2cccc(Cl)c2)cc1. The molecule has 2 N–H and O–H groups in total. The number of nitrogens with one attached hydrogen (secondary N) is 1. The minimum Gasteiger partial charge on any atom is -0.482 e. The van der Waals surface area contributed by atoms with E-state index < -0.39 is 12.6 Å². The van der Waals surface area contributed by atoms with Crippen molar-refractivity contribution in [2.75, 3.05) is 6.61 Å². The maximum Gasteiger partial charge on any atom is 0.341 e. The molecule has 0 aliphatic rings. The third-order valence-electron chi connectivity index (χ3n) is 2.71. The topological polar surface area (TPSA) is 88.0 Å². The molecular formula is C16H13ClN2O4. The third-order valence-corrected chi connectivity index (χ3v) is 2.94. The Morgan fingerprint density at radius 1 is 1.22 bits per heavy atom. The second-order valence-corrected chi connectivity index (χ2v) is 4.90. The Morgan fingerprint density at radius 3 is 2.61 bits per heavy atom. The predicted octanol–water partition coefficient (Wildman–Crippen LogP) is 2.57. The maximum atomic E-state index is 11.8. The number of nitrogens with zero attached hydrogens (tertiary/aromatic N) is 1. The summed E-state index contributed by atoms with van der Waals surface area (Å²) in [5, 5.41) is 12.8. The number of amides is 1. The van der Waals surface area contributed by atoms with Gasteiger partial charge in [-0.3, -0.25) is 4.79 Å². The van der Waals surface area contributed by atoms with Gasteiger partial charge in [0.15, 0.2) is 6.61 Å². The molecule has 23 heavy (non-hydrogen) atoms. The van der Waals surface area contributed by atoms with Crippen LogP contribution in [-0.2, 0) is 4.79 Å². The molecular weight excluding hydrogens is 320 g/mol. The third kappa shape index (κ3) is 5.44. The van der Waals surface area contributed by atoms with Crippen molar-refractivity contribution < 1.29 is 19.4 Å². The van der Waals surface area contributed by atoms with Crippen molar-refractivity contribution in [2.45, 2.75) is 0 Å². The minimum atomic E-state index is -1.04. The first kappa shape index (κ1) is 16.5. The summed E-state index contributed by atoms with van der Waals surface area (Å²) in [6.07, 6.45) is 1.46. The smallest absolute Gasteiger partial charge is 0.341 e. The second-order valence-electron chi connectivity index (χ2n) is 4.46. The fourth-order valence-electron chi connectivity index (χ4n) is 1.65. The molecule has 118 valence electrons. The lowest BCUT2D eigenvalue weighted by Crippen LogP contribution is -2.17. The van der Waals surface area contributed by atoms with Crippen LogP contribution in [0.4, 0.5) is 0 Å². The van der Waals surface area contributed by atoms with Gasteiger partial charge < -0.3 is 9.84 Å². The molecule has 0 aliphatic carbocycles. The summed E-state index contributed by atoms with van der Waals surface area (Å²) in [5.41, 5.74) is 3.52. The van der Waals surface area contributed by atoms with Crippen molar-refractivity contribution in [3.63, 3.8) is 0 Å². The van der Waals surface area contributed by atoms with Crippen LogP contribution in [0.1, 0.15) is 15.9 Å². The fraction of sp³-hybridized carbons (Fsp3) is 0.0625. The summed E-state index contributed by atoms with van der Waals surface area (Å²) < 4.78 is 5.01. The fourth-order valence-corrected chi connectivity index (χ4v) is 1.85. The molecule has 0 aliphatic heterocycles. The molecule has 0 atom stereocenters. The first-order valence-corrected chi connectivity index (χ1v) is 6.96. The number of carboxylic acid groups (broad SMARTS) is 1. The van der Waals surface area contributed by atoms with Crippen LogP contribution >= 0.6 is 11.6 Å². The van der Waals surface area contributed by atoms with Gasteiger partial charge in [0.2, 0.25) is 0 Å². The molecule has 0 bridgehead atoms. The number of carbonyl (C=O) groups is 2. The highest BCUT2D eigenvalue weighted by Gasteiger charge is 2.04. The number of ether oxygens (including phenoxy) is 1. The number of rotatable bonds is 6. The van der Waals surface area contributed by atoms with Gasteiger partial charge in [-0.2, -0.15) is 5.10 Å². The summed E-state index contributed by atoms with van der Waals surface area (Å²) in [6, 6.07) is 13.1. The molecule has 0 fully saturated rings. The molecule has 0 unspecified atom stereocenters. The van der Waals surface area contributed by atoms with E-state index in [9.17, 15) is 9.59 Å². The summed E-state index contributed by atoms with van der Waals surface area (Å²) in [6.45, 7) is -0.400. The minimum absolute atomic E-state index is 0.370. The number of hydrazone groups is 1. The van der Waals surface area contributed by atoms with E-state index in [-0.39, 0.29) is 5.91 Å². The van der Waals surface area contributed by atoms with Crippen LogP contribution in [0.25, 0.3) is 0 Å². The average molecular weight is 333 g/mol. The highest BCUT2D eigenvalue weighted by atomic mass is 35.5. The summed E-state index contributed by atoms with van der Waals surface area (Å²) >= 11 is 5.81. The normalized spacial score (nSPS) is 10.5. The number of hydrogen-bond donors (Lipinski definition) is 2. The Labute approximate surface area is 137 Å². The number of carboxylic acids is 1. The summed E-state index contributed by atoms with van der Waals surface area (Å²) in [4.78, 5) is 22.2. The first-order chi connectivity index (χ1) is 11.0. The van der Waals surface area contributed by atoms with Gasteiger partial charge in [-0.15, -0.1) is 0 Å². The highest BCUT2D eigenvalue weighted by molar-refractivity contribution is 6.30. The van der Waals surface area contributed by atoms with Crippen molar-refractivity contribution in [1.29, 1.82) is 0 Å². The Bertz CT molecular complexity index is 729. The molecule has 6 nitrogen and oxygen atoms in total. The molecule has 7 heteroatoms. The van der Waals surface area contributed by atoms with Gasteiger partial charge in [0.25, 0.3) is 5.91 Å². The number of hydrogen-bond acceptors (Lipinski definition) is 4. The van der Waals surface area contributed by atoms with E-state index in [1.165, 1.54) is 6.21 Å². The van der Waals surface area contributed by atoms with Crippen molar-refractivity contribution in [3.05, 3.63) is 64.7 Å². The van der Waals surface area contributed by atoms with Crippen molar-refractivity contribution in [1.82, 2.24) is 5.43 Å². The van der Waals surface area contributed by atoms with E-state index >= 15 is 0 Å². The summed E-state index contributed by atoms with van der Waals surface area (Å²) in [7, 11) is 0. The van der Waals surface area contributed by atoms with Gasteiger partial charge in [-0.25, -0.2) is 10.2 Å². The van der Waals surface area contributed by atoms with E-state index in [1.807, 2.05) is 0 Å². The van der Waals surface area contributed by atoms with E-state index in [1.54, 1.807) is 48.5 Å². The maximum absolute atomic E-state index is 11.8. The quantitative estimate of drug-likeness (QED) is 0.628. The predicted molar refractivity (Wildman–Crippen MR) is 86.1 cm³/mol. The largest absolute Gasteiger partial charge is 0.482 e. The van der Waals surface area contributed by atoms with Crippen LogP contribution in [0.5, 0.6) is 5.75 Å². The van der Waals surface area contributed by atoms with Gasteiger partial charge in [-0.1, -0.05) is 17.7 Å². The molecule has 2 rings (SSSR count). The lowest BCUT2D eigenvalue weighted by Gasteiger charge is -2.03. The molecule has 0 saturated heterocycles. The molecule has 0 spiro atoms.